The number of amides is 4. The highest BCUT2D eigenvalue weighted by molar-refractivity contribution is 5.92. The molecule has 45 heavy (non-hydrogen) atoms. The average molecular weight is 605 g/mol. The Morgan fingerprint density at radius 2 is 1.62 bits per heavy atom. The van der Waals surface area contributed by atoms with Gasteiger partial charge in [-0.1, -0.05) is 91.9 Å². The number of nitrogens with one attached hydrogen (secondary N) is 2. The molecule has 2 heterocycles. The van der Waals surface area contributed by atoms with Crippen molar-refractivity contribution in [2.45, 2.75) is 45.1 Å². The molecule has 2 atom stereocenters. The van der Waals surface area contributed by atoms with Gasteiger partial charge in [-0.15, -0.1) is 0 Å². The Bertz CT molecular complexity index is 1660. The summed E-state index contributed by atoms with van der Waals surface area (Å²) in [6, 6.07) is 31.1. The maximum Gasteiger partial charge on any atom is 0.332 e. The Morgan fingerprint density at radius 3 is 2.38 bits per heavy atom. The van der Waals surface area contributed by atoms with Gasteiger partial charge in [0.05, 0.1) is 13.1 Å². The number of carbonyl (C=O) groups excluding carboxylic acids is 3. The third kappa shape index (κ3) is 6.35. The van der Waals surface area contributed by atoms with E-state index in [4.69, 9.17) is 0 Å². The number of carbonyl (C=O) groups is 3. The minimum absolute atomic E-state index is 0.0357. The molecule has 0 aliphatic carbocycles. The van der Waals surface area contributed by atoms with Gasteiger partial charge in [0.1, 0.15) is 12.2 Å². The van der Waals surface area contributed by atoms with Gasteiger partial charge in [0.2, 0.25) is 11.8 Å². The van der Waals surface area contributed by atoms with Gasteiger partial charge in [0, 0.05) is 38.8 Å². The van der Waals surface area contributed by atoms with Gasteiger partial charge >= 0.3 is 6.03 Å². The predicted molar refractivity (Wildman–Crippen MR) is 176 cm³/mol. The van der Waals surface area contributed by atoms with Gasteiger partial charge in [-0.25, -0.2) is 4.79 Å². The van der Waals surface area contributed by atoms with E-state index in [-0.39, 0.29) is 24.4 Å². The molecule has 6 rings (SSSR count). The van der Waals surface area contributed by atoms with E-state index in [1.165, 1.54) is 0 Å². The summed E-state index contributed by atoms with van der Waals surface area (Å²) in [5.41, 5.74) is 3.99. The van der Waals surface area contributed by atoms with Crippen molar-refractivity contribution >= 4 is 34.3 Å². The lowest BCUT2D eigenvalue weighted by Crippen LogP contribution is -2.66. The molecular formula is C36H40N6O3. The number of anilines is 1. The molecule has 0 saturated carbocycles. The van der Waals surface area contributed by atoms with Crippen LogP contribution in [0, 0.1) is 0 Å². The van der Waals surface area contributed by atoms with Gasteiger partial charge in [0.25, 0.3) is 0 Å². The first kappa shape index (κ1) is 30.1. The first-order valence-corrected chi connectivity index (χ1v) is 15.7. The molecule has 2 aliphatic heterocycles. The minimum atomic E-state index is -0.687. The highest BCUT2D eigenvalue weighted by Gasteiger charge is 2.52. The van der Waals surface area contributed by atoms with Crippen LogP contribution in [0.25, 0.3) is 10.8 Å². The number of benzene rings is 4. The topological polar surface area (TPSA) is 88.2 Å². The van der Waals surface area contributed by atoms with Crippen LogP contribution in [0.5, 0.6) is 0 Å². The Kier molecular flexibility index (Phi) is 8.98. The first-order valence-electron chi connectivity index (χ1n) is 15.7. The number of piperazine rings is 1. The van der Waals surface area contributed by atoms with Crippen LogP contribution in [0.3, 0.4) is 0 Å². The predicted octanol–water partition coefficient (Wildman–Crippen LogP) is 4.84. The Balaban J connectivity index is 1.31. The molecule has 4 aromatic carbocycles. The molecule has 2 N–H and O–H groups in total. The maximum absolute atomic E-state index is 14.3. The van der Waals surface area contributed by atoms with E-state index < -0.39 is 12.2 Å². The minimum Gasteiger partial charge on any atom is -0.388 e. The van der Waals surface area contributed by atoms with Crippen molar-refractivity contribution in [1.29, 1.82) is 0 Å². The van der Waals surface area contributed by atoms with Crippen molar-refractivity contribution in [2.75, 3.05) is 32.0 Å². The zero-order valence-corrected chi connectivity index (χ0v) is 25.9. The molecule has 4 aromatic rings. The van der Waals surface area contributed by atoms with Crippen molar-refractivity contribution in [3.63, 3.8) is 0 Å². The van der Waals surface area contributed by atoms with Crippen LogP contribution in [0.15, 0.2) is 97.1 Å². The number of hydrogen-bond acceptors (Lipinski definition) is 5. The van der Waals surface area contributed by atoms with Crippen LogP contribution in [-0.4, -0.2) is 76.6 Å². The van der Waals surface area contributed by atoms with E-state index in [1.807, 2.05) is 96.7 Å². The highest BCUT2D eigenvalue weighted by atomic mass is 16.2. The molecule has 232 valence electrons. The molecule has 2 saturated heterocycles. The lowest BCUT2D eigenvalue weighted by molar-refractivity contribution is -0.157. The molecule has 2 fully saturated rings. The molecule has 0 unspecified atom stereocenters. The van der Waals surface area contributed by atoms with Crippen LogP contribution < -0.4 is 10.6 Å². The molecule has 0 radical (unpaired) electrons. The summed E-state index contributed by atoms with van der Waals surface area (Å²) in [5.74, 6) is -0.227. The highest BCUT2D eigenvalue weighted by Crippen LogP contribution is 2.31. The summed E-state index contributed by atoms with van der Waals surface area (Å²) in [4.78, 5) is 45.3. The zero-order valence-electron chi connectivity index (χ0n) is 25.9. The molecule has 9 heteroatoms. The fourth-order valence-corrected chi connectivity index (χ4v) is 6.48. The van der Waals surface area contributed by atoms with Crippen LogP contribution >= 0.6 is 0 Å². The Hall–Kier alpha value is -4.89. The average Bonchev–Trinajstić information content (AvgIpc) is 3.40. The smallest absolute Gasteiger partial charge is 0.332 e. The number of rotatable bonds is 10. The zero-order chi connectivity index (χ0) is 31.3. The Labute approximate surface area is 264 Å². The van der Waals surface area contributed by atoms with Gasteiger partial charge in [-0.3, -0.25) is 14.6 Å². The lowest BCUT2D eigenvalue weighted by Gasteiger charge is -2.46. The van der Waals surface area contributed by atoms with Crippen LogP contribution in [-0.2, 0) is 29.1 Å². The third-order valence-electron chi connectivity index (χ3n) is 8.75. The fraction of sp³-hybridized carbons (Fsp3) is 0.306. The summed E-state index contributed by atoms with van der Waals surface area (Å²) >= 11 is 0. The molecule has 4 amide bonds. The monoisotopic (exact) mass is 604 g/mol. The van der Waals surface area contributed by atoms with E-state index in [0.717, 1.165) is 39.6 Å². The number of hydrogen-bond donors (Lipinski definition) is 2. The van der Waals surface area contributed by atoms with Crippen molar-refractivity contribution in [3.8, 4) is 0 Å². The van der Waals surface area contributed by atoms with Gasteiger partial charge < -0.3 is 20.4 Å². The number of nitrogens with zero attached hydrogens (tertiary/aromatic N) is 4. The second kappa shape index (κ2) is 13.4. The normalized spacial score (nSPS) is 18.3. The summed E-state index contributed by atoms with van der Waals surface area (Å²) < 4.78 is 0. The molecule has 0 spiro atoms. The van der Waals surface area contributed by atoms with E-state index >= 15 is 0 Å². The van der Waals surface area contributed by atoms with Gasteiger partial charge in [-0.2, -0.15) is 5.01 Å². The van der Waals surface area contributed by atoms with Crippen LogP contribution in [0.1, 0.15) is 30.0 Å². The standard InChI is InChI=1S/C36H40N6O3/c1-3-20-40(36(45)38-22-27-10-5-4-6-11-27)41-25-34(43)42-32(21-26-16-18-30(37-2)19-17-26)35(44)39(24-33(41)42)23-29-14-9-13-28-12-7-8-15-31(28)29/h4-19,32-33,37H,3,20-25H2,1-2H3,(H,38,45)/t32-,33+/m0/s1. The number of urea groups is 1. The third-order valence-corrected chi connectivity index (χ3v) is 8.75. The van der Waals surface area contributed by atoms with E-state index in [2.05, 4.69) is 34.9 Å². The largest absolute Gasteiger partial charge is 0.388 e. The van der Waals surface area contributed by atoms with Crippen molar-refractivity contribution in [1.82, 2.24) is 25.1 Å². The van der Waals surface area contributed by atoms with E-state index in [9.17, 15) is 14.4 Å². The number of fused-ring (bicyclic) bond motifs is 2. The van der Waals surface area contributed by atoms with Gasteiger partial charge in [-0.05, 0) is 46.0 Å². The summed E-state index contributed by atoms with van der Waals surface area (Å²) in [6.07, 6.45) is 0.635. The Morgan fingerprint density at radius 1 is 0.889 bits per heavy atom. The van der Waals surface area contributed by atoms with Gasteiger partial charge in [0.15, 0.2) is 0 Å². The molecule has 2 aliphatic rings. The summed E-state index contributed by atoms with van der Waals surface area (Å²) in [5, 5.41) is 11.9. The van der Waals surface area contributed by atoms with Crippen LogP contribution in [0.4, 0.5) is 10.5 Å². The SMILES string of the molecule is CCCN(C(=O)NCc1ccccc1)N1CC(=O)N2[C@@H](Cc3ccc(NC)cc3)C(=O)N(Cc3cccc4ccccc34)C[C@@H]21. The summed E-state index contributed by atoms with van der Waals surface area (Å²) in [7, 11) is 1.87. The quantitative estimate of drug-likeness (QED) is 0.271. The molecular weight excluding hydrogens is 564 g/mol. The lowest BCUT2D eigenvalue weighted by atomic mass is 9.98. The first-order chi connectivity index (χ1) is 22.0. The molecule has 0 aromatic heterocycles. The molecule has 9 nitrogen and oxygen atoms in total. The van der Waals surface area contributed by atoms with E-state index in [1.54, 1.807) is 9.91 Å². The second-order valence-corrected chi connectivity index (χ2v) is 11.7. The van der Waals surface area contributed by atoms with Crippen molar-refractivity contribution in [2.24, 2.45) is 0 Å². The van der Waals surface area contributed by atoms with Crippen LogP contribution in [0.2, 0.25) is 0 Å². The second-order valence-electron chi connectivity index (χ2n) is 11.7. The summed E-state index contributed by atoms with van der Waals surface area (Å²) in [6.45, 7) is 3.60. The van der Waals surface area contributed by atoms with Crippen molar-refractivity contribution < 1.29 is 14.4 Å². The number of hydrazine groups is 1. The van der Waals surface area contributed by atoms with E-state index in [0.29, 0.717) is 32.6 Å². The fourth-order valence-electron chi connectivity index (χ4n) is 6.48. The van der Waals surface area contributed by atoms with Crippen molar-refractivity contribution in [3.05, 3.63) is 114 Å². The molecule has 0 bridgehead atoms. The maximum atomic E-state index is 14.3.